The number of amides is 1. The average molecular weight is 671 g/mol. The molecule has 270 valence electrons. The molecule has 3 atom stereocenters. The molecular formula is C37H71N2O6P. The number of unbranched alkanes of at least 4 members (excludes halogenated alkanes) is 17. The number of hydrogen-bond acceptors (Lipinski definition) is 6. The van der Waals surface area contributed by atoms with Crippen LogP contribution in [0.25, 0.3) is 0 Å². The van der Waals surface area contributed by atoms with E-state index in [-0.39, 0.29) is 12.5 Å². The molecule has 8 nitrogen and oxygen atoms in total. The second kappa shape index (κ2) is 29.8. The van der Waals surface area contributed by atoms with Gasteiger partial charge in [-0.05, 0) is 38.5 Å². The second-order valence-corrected chi connectivity index (χ2v) is 15.1. The van der Waals surface area contributed by atoms with E-state index < -0.39 is 26.6 Å². The van der Waals surface area contributed by atoms with Crippen molar-refractivity contribution >= 4 is 13.7 Å². The molecule has 1 amide bonds. The highest BCUT2D eigenvalue weighted by Crippen LogP contribution is 2.38. The summed E-state index contributed by atoms with van der Waals surface area (Å²) < 4.78 is 22.4. The quantitative estimate of drug-likeness (QED) is 0.0321. The summed E-state index contributed by atoms with van der Waals surface area (Å²) in [5, 5.41) is 13.0. The van der Waals surface area contributed by atoms with Gasteiger partial charge in [-0.15, -0.1) is 0 Å². The Bertz CT molecular complexity index is 855. The van der Waals surface area contributed by atoms with Crippen LogP contribution in [-0.4, -0.2) is 68.5 Å². The lowest BCUT2D eigenvalue weighted by Crippen LogP contribution is -2.45. The smallest absolute Gasteiger partial charge is 0.268 e. The van der Waals surface area contributed by atoms with E-state index in [2.05, 4.69) is 36.5 Å². The molecule has 0 aromatic rings. The minimum atomic E-state index is -4.55. The molecule has 0 aliphatic rings. The van der Waals surface area contributed by atoms with Crippen molar-refractivity contribution in [3.05, 3.63) is 36.5 Å². The van der Waals surface area contributed by atoms with E-state index >= 15 is 0 Å². The van der Waals surface area contributed by atoms with E-state index in [0.29, 0.717) is 11.0 Å². The Morgan fingerprint density at radius 2 is 1.17 bits per heavy atom. The number of rotatable bonds is 32. The largest absolute Gasteiger partial charge is 0.756 e. The third kappa shape index (κ3) is 32.7. The van der Waals surface area contributed by atoms with Gasteiger partial charge in [-0.2, -0.15) is 0 Å². The highest BCUT2D eigenvalue weighted by Gasteiger charge is 2.22. The molecule has 9 heteroatoms. The predicted molar refractivity (Wildman–Crippen MR) is 191 cm³/mol. The minimum Gasteiger partial charge on any atom is -0.756 e. The van der Waals surface area contributed by atoms with Gasteiger partial charge in [0.15, 0.2) is 0 Å². The minimum absolute atomic E-state index is 0.0130. The first kappa shape index (κ1) is 44.7. The highest BCUT2D eigenvalue weighted by molar-refractivity contribution is 7.45. The molecule has 0 saturated heterocycles. The van der Waals surface area contributed by atoms with Crippen LogP contribution in [0.4, 0.5) is 0 Å². The molecule has 3 unspecified atom stereocenters. The number of likely N-dealkylation sites (N-methyl/N-ethyl adjacent to an activating group) is 1. The summed E-state index contributed by atoms with van der Waals surface area (Å²) in [7, 11) is 1.22. The number of allylic oxidation sites excluding steroid dienone is 5. The zero-order valence-electron chi connectivity index (χ0n) is 30.3. The summed E-state index contributed by atoms with van der Waals surface area (Å²) in [6, 6.07) is -0.908. The highest BCUT2D eigenvalue weighted by atomic mass is 31.2. The normalized spacial score (nSPS) is 15.2. The standard InChI is InChI=1S/C37H71N2O6P/c1-6-7-8-9-10-11-12-13-14-15-16-17-18-19-20-21-22-23-24-25-26-27-28-29-30-31-37(41)36(38-35(2)40)34-45-46(42,43)44-33-32-39(3,4)5/h22-23,26-27,30-31,36-37,41H,6-21,24-25,28-29,32-34H2,1-5H3,(H-,38,40,42,43)/b23-22+,27-26+,31-30+. The van der Waals surface area contributed by atoms with Crippen molar-refractivity contribution < 1.29 is 32.9 Å². The summed E-state index contributed by atoms with van der Waals surface area (Å²) in [5.41, 5.74) is 0. The zero-order valence-corrected chi connectivity index (χ0v) is 31.2. The van der Waals surface area contributed by atoms with Gasteiger partial charge in [-0.25, -0.2) is 0 Å². The Kier molecular flexibility index (Phi) is 29.0. The Balaban J connectivity index is 3.87. The van der Waals surface area contributed by atoms with Crippen LogP contribution >= 0.6 is 7.82 Å². The van der Waals surface area contributed by atoms with Crippen LogP contribution in [0.1, 0.15) is 142 Å². The maximum atomic E-state index is 12.1. The maximum absolute atomic E-state index is 12.1. The first-order valence-electron chi connectivity index (χ1n) is 18.3. The van der Waals surface area contributed by atoms with Crippen molar-refractivity contribution in [3.63, 3.8) is 0 Å². The van der Waals surface area contributed by atoms with Gasteiger partial charge in [-0.1, -0.05) is 133 Å². The third-order valence-corrected chi connectivity index (χ3v) is 8.83. The summed E-state index contributed by atoms with van der Waals surface area (Å²) in [6.45, 7) is 3.65. The van der Waals surface area contributed by atoms with E-state index in [0.717, 1.165) is 25.7 Å². The molecule has 0 aromatic carbocycles. The second-order valence-electron chi connectivity index (χ2n) is 13.7. The van der Waals surface area contributed by atoms with Crippen LogP contribution in [0.5, 0.6) is 0 Å². The van der Waals surface area contributed by atoms with E-state index in [1.807, 2.05) is 27.2 Å². The number of phosphoric ester groups is 1. The molecule has 0 bridgehead atoms. The van der Waals surface area contributed by atoms with Crippen LogP contribution in [0.15, 0.2) is 36.5 Å². The van der Waals surface area contributed by atoms with Gasteiger partial charge in [0.05, 0.1) is 39.9 Å². The lowest BCUT2D eigenvalue weighted by molar-refractivity contribution is -0.870. The Morgan fingerprint density at radius 3 is 1.63 bits per heavy atom. The molecule has 2 N–H and O–H groups in total. The van der Waals surface area contributed by atoms with E-state index in [4.69, 9.17) is 9.05 Å². The molecule has 0 aliphatic carbocycles. The molecule has 46 heavy (non-hydrogen) atoms. The van der Waals surface area contributed by atoms with E-state index in [9.17, 15) is 19.4 Å². The lowest BCUT2D eigenvalue weighted by atomic mass is 10.0. The third-order valence-electron chi connectivity index (χ3n) is 7.87. The van der Waals surface area contributed by atoms with Gasteiger partial charge >= 0.3 is 0 Å². The van der Waals surface area contributed by atoms with Crippen molar-refractivity contribution in [2.45, 2.75) is 154 Å². The lowest BCUT2D eigenvalue weighted by Gasteiger charge is -2.29. The average Bonchev–Trinajstić information content (AvgIpc) is 2.98. The fraction of sp³-hybridized carbons (Fsp3) is 0.811. The van der Waals surface area contributed by atoms with Crippen molar-refractivity contribution in [3.8, 4) is 0 Å². The van der Waals surface area contributed by atoms with Gasteiger partial charge < -0.3 is 28.8 Å². The summed E-state index contributed by atoms with van der Waals surface area (Å²) in [5.74, 6) is -0.389. The van der Waals surface area contributed by atoms with E-state index in [1.165, 1.54) is 110 Å². The van der Waals surface area contributed by atoms with Gasteiger partial charge in [0, 0.05) is 6.92 Å². The fourth-order valence-corrected chi connectivity index (χ4v) is 5.70. The van der Waals surface area contributed by atoms with Crippen LogP contribution in [0.2, 0.25) is 0 Å². The molecule has 0 saturated carbocycles. The summed E-state index contributed by atoms with van der Waals surface area (Å²) in [4.78, 5) is 23.6. The predicted octanol–water partition coefficient (Wildman–Crippen LogP) is 8.55. The van der Waals surface area contributed by atoms with Crippen molar-refractivity contribution in [2.24, 2.45) is 0 Å². The Hall–Kier alpha value is -1.28. The van der Waals surface area contributed by atoms with Gasteiger partial charge in [0.1, 0.15) is 13.2 Å². The molecule has 0 aliphatic heterocycles. The molecular weight excluding hydrogens is 599 g/mol. The first-order valence-corrected chi connectivity index (χ1v) is 19.8. The maximum Gasteiger partial charge on any atom is 0.268 e. The number of quaternary nitrogens is 1. The number of carbonyl (C=O) groups is 1. The molecule has 0 aromatic heterocycles. The van der Waals surface area contributed by atoms with Crippen LogP contribution in [-0.2, 0) is 18.4 Å². The topological polar surface area (TPSA) is 108 Å². The van der Waals surface area contributed by atoms with Crippen LogP contribution in [0.3, 0.4) is 0 Å². The zero-order chi connectivity index (χ0) is 34.4. The monoisotopic (exact) mass is 671 g/mol. The SMILES string of the molecule is CCCCCCCCCCCCCCCCC/C=C/CC/C=C/CC/C=C/C(O)C(COP(=O)([O-])OCC[N+](C)(C)C)NC(C)=O. The number of aliphatic hydroxyl groups is 1. The van der Waals surface area contributed by atoms with Crippen molar-refractivity contribution in [1.29, 1.82) is 0 Å². The van der Waals surface area contributed by atoms with E-state index in [1.54, 1.807) is 6.08 Å². The molecule has 0 fully saturated rings. The van der Waals surface area contributed by atoms with Crippen molar-refractivity contribution in [1.82, 2.24) is 5.32 Å². The fourth-order valence-electron chi connectivity index (χ4n) is 4.98. The van der Waals surface area contributed by atoms with Gasteiger partial charge in [0.25, 0.3) is 7.82 Å². The molecule has 0 rings (SSSR count). The van der Waals surface area contributed by atoms with Crippen LogP contribution < -0.4 is 10.2 Å². The Morgan fingerprint density at radius 1 is 0.739 bits per heavy atom. The number of hydrogen-bond donors (Lipinski definition) is 2. The number of phosphoric acid groups is 1. The number of nitrogens with zero attached hydrogens (tertiary/aromatic N) is 1. The molecule has 0 spiro atoms. The van der Waals surface area contributed by atoms with Gasteiger partial charge in [-0.3, -0.25) is 9.36 Å². The first-order chi connectivity index (χ1) is 22.0. The van der Waals surface area contributed by atoms with Crippen molar-refractivity contribution in [2.75, 3.05) is 40.9 Å². The number of nitrogens with one attached hydrogen (secondary N) is 1. The number of aliphatic hydroxyl groups excluding tert-OH is 1. The van der Waals surface area contributed by atoms with Crippen LogP contribution in [0, 0.1) is 0 Å². The molecule has 0 radical (unpaired) electrons. The summed E-state index contributed by atoms with van der Waals surface area (Å²) in [6.07, 6.45) is 37.0. The number of carbonyl (C=O) groups excluding carboxylic acids is 1. The summed E-state index contributed by atoms with van der Waals surface area (Å²) >= 11 is 0. The van der Waals surface area contributed by atoms with Gasteiger partial charge in [0.2, 0.25) is 5.91 Å². The molecule has 0 heterocycles. The Labute approximate surface area is 283 Å².